The van der Waals surface area contributed by atoms with Crippen molar-refractivity contribution in [2.45, 2.75) is 6.42 Å². The summed E-state index contributed by atoms with van der Waals surface area (Å²) < 4.78 is 5.30. The molecule has 2 amide bonds. The van der Waals surface area contributed by atoms with Gasteiger partial charge in [0.25, 0.3) is 11.8 Å². The van der Waals surface area contributed by atoms with Gasteiger partial charge >= 0.3 is 0 Å². The summed E-state index contributed by atoms with van der Waals surface area (Å²) in [4.78, 5) is 25.1. The second-order valence-electron chi connectivity index (χ2n) is 6.42. The number of carbonyl (C=O) groups excluding carboxylic acids is 2. The number of ether oxygens (including phenoxy) is 1. The number of nitrogens with zero attached hydrogens (tertiary/aromatic N) is 2. The third kappa shape index (κ3) is 2.54. The first kappa shape index (κ1) is 15.9. The second kappa shape index (κ2) is 6.05. The Morgan fingerprint density at radius 3 is 2.56 bits per heavy atom. The van der Waals surface area contributed by atoms with Crippen LogP contribution in [0.25, 0.3) is 0 Å². The van der Waals surface area contributed by atoms with Crippen molar-refractivity contribution in [3.63, 3.8) is 0 Å². The molecule has 1 saturated heterocycles. The third-order valence-electron chi connectivity index (χ3n) is 5.04. The van der Waals surface area contributed by atoms with Crippen LogP contribution in [0.4, 0.5) is 0 Å². The minimum atomic E-state index is -0.247. The van der Waals surface area contributed by atoms with Crippen LogP contribution in [-0.2, 0) is 9.59 Å². The summed E-state index contributed by atoms with van der Waals surface area (Å²) in [5.74, 6) is 2.29. The van der Waals surface area contributed by atoms with Crippen LogP contribution in [0.15, 0.2) is 35.5 Å². The number of benzene rings is 1. The minimum Gasteiger partial charge on any atom is -0.479 e. The van der Waals surface area contributed by atoms with E-state index in [0.29, 0.717) is 16.3 Å². The number of hydrazone groups is 1. The molecule has 0 radical (unpaired) electrons. The summed E-state index contributed by atoms with van der Waals surface area (Å²) in [7, 11) is 0. The van der Waals surface area contributed by atoms with Gasteiger partial charge in [-0.2, -0.15) is 10.1 Å². The van der Waals surface area contributed by atoms with Crippen LogP contribution in [0.2, 0.25) is 5.02 Å². The summed E-state index contributed by atoms with van der Waals surface area (Å²) in [5.41, 5.74) is 0.664. The molecule has 0 spiro atoms. The lowest BCUT2D eigenvalue weighted by Crippen LogP contribution is -2.28. The molecule has 6 heteroatoms. The van der Waals surface area contributed by atoms with E-state index in [1.165, 1.54) is 6.21 Å². The van der Waals surface area contributed by atoms with E-state index in [1.807, 2.05) is 0 Å². The Morgan fingerprint density at radius 2 is 1.96 bits per heavy atom. The predicted molar refractivity (Wildman–Crippen MR) is 92.9 cm³/mol. The lowest BCUT2D eigenvalue weighted by Gasteiger charge is -2.13. The van der Waals surface area contributed by atoms with Crippen molar-refractivity contribution >= 4 is 29.6 Å². The Hall–Kier alpha value is -2.58. The van der Waals surface area contributed by atoms with Crippen LogP contribution in [0, 0.1) is 36.0 Å². The van der Waals surface area contributed by atoms with Crippen LogP contribution < -0.4 is 4.74 Å². The van der Waals surface area contributed by atoms with Gasteiger partial charge in [-0.05, 0) is 42.0 Å². The maximum atomic E-state index is 12.5. The molecule has 2 fully saturated rings. The highest BCUT2D eigenvalue weighted by Crippen LogP contribution is 2.52. The van der Waals surface area contributed by atoms with Crippen molar-refractivity contribution in [3.05, 3.63) is 40.9 Å². The van der Waals surface area contributed by atoms with Crippen molar-refractivity contribution in [1.82, 2.24) is 5.01 Å². The van der Waals surface area contributed by atoms with Crippen molar-refractivity contribution < 1.29 is 14.3 Å². The fourth-order valence-electron chi connectivity index (χ4n) is 3.96. The quantitative estimate of drug-likeness (QED) is 0.361. The van der Waals surface area contributed by atoms with Crippen LogP contribution in [0.1, 0.15) is 12.0 Å². The maximum Gasteiger partial charge on any atom is 0.254 e. The molecule has 2 bridgehead atoms. The van der Waals surface area contributed by atoms with E-state index in [4.69, 9.17) is 22.8 Å². The SMILES string of the molecule is C#CCOc1ccc(C=NN2C(=O)[C@@H]3[C@H](C2=O)[C@H]2C=C[C@H]3C2)cc1Cl. The molecule has 1 heterocycles. The van der Waals surface area contributed by atoms with Crippen LogP contribution in [-0.4, -0.2) is 29.6 Å². The van der Waals surface area contributed by atoms with Gasteiger partial charge in [0.1, 0.15) is 12.4 Å². The number of carbonyl (C=O) groups is 2. The molecule has 1 aromatic rings. The van der Waals surface area contributed by atoms with Crippen molar-refractivity contribution in [2.24, 2.45) is 28.8 Å². The predicted octanol–water partition coefficient (Wildman–Crippen LogP) is 2.49. The van der Waals surface area contributed by atoms with E-state index in [-0.39, 0.29) is 42.1 Å². The molecule has 0 aromatic heterocycles. The largest absolute Gasteiger partial charge is 0.479 e. The summed E-state index contributed by atoms with van der Waals surface area (Å²) in [6.07, 6.45) is 11.6. The third-order valence-corrected chi connectivity index (χ3v) is 5.33. The number of hydrogen-bond donors (Lipinski definition) is 0. The molecule has 1 saturated carbocycles. The fraction of sp³-hybridized carbons (Fsp3) is 0.316. The molecule has 5 nitrogen and oxygen atoms in total. The fourth-order valence-corrected chi connectivity index (χ4v) is 4.20. The normalized spacial score (nSPS) is 29.5. The lowest BCUT2D eigenvalue weighted by molar-refractivity contribution is -0.140. The Labute approximate surface area is 150 Å². The summed E-state index contributed by atoms with van der Waals surface area (Å²) in [5, 5.41) is 5.52. The van der Waals surface area contributed by atoms with Gasteiger partial charge in [0.2, 0.25) is 0 Å². The number of hydrogen-bond acceptors (Lipinski definition) is 4. The maximum absolute atomic E-state index is 12.5. The Kier molecular flexibility index (Phi) is 3.85. The summed E-state index contributed by atoms with van der Waals surface area (Å²) >= 11 is 6.13. The highest BCUT2D eigenvalue weighted by Gasteiger charge is 2.59. The Bertz CT molecular complexity index is 825. The average molecular weight is 355 g/mol. The molecule has 4 atom stereocenters. The van der Waals surface area contributed by atoms with E-state index in [1.54, 1.807) is 18.2 Å². The van der Waals surface area contributed by atoms with Gasteiger partial charge in [-0.1, -0.05) is 29.7 Å². The molecule has 126 valence electrons. The van der Waals surface area contributed by atoms with E-state index >= 15 is 0 Å². The van der Waals surface area contributed by atoms with Gasteiger partial charge in [0.05, 0.1) is 23.1 Å². The van der Waals surface area contributed by atoms with Crippen LogP contribution in [0.5, 0.6) is 5.75 Å². The van der Waals surface area contributed by atoms with Gasteiger partial charge in [-0.25, -0.2) is 0 Å². The minimum absolute atomic E-state index is 0.128. The number of imide groups is 1. The van der Waals surface area contributed by atoms with Crippen molar-refractivity contribution in [3.8, 4) is 18.1 Å². The van der Waals surface area contributed by atoms with Crippen molar-refractivity contribution in [1.29, 1.82) is 0 Å². The highest BCUT2D eigenvalue weighted by atomic mass is 35.5. The topological polar surface area (TPSA) is 59.0 Å². The molecule has 3 aliphatic rings. The first-order chi connectivity index (χ1) is 12.1. The number of halogens is 1. The second-order valence-corrected chi connectivity index (χ2v) is 6.82. The van der Waals surface area contributed by atoms with Crippen molar-refractivity contribution in [2.75, 3.05) is 6.61 Å². The molecule has 1 aliphatic heterocycles. The zero-order chi connectivity index (χ0) is 17.6. The standard InChI is InChI=1S/C19H15ClN2O3/c1-2-7-25-15-6-3-11(8-14(15)20)10-21-22-18(23)16-12-4-5-13(9-12)17(16)19(22)24/h1,3-6,8,10,12-13,16-17H,7,9H2/t12-,13-,16-,17+/m0/s1. The highest BCUT2D eigenvalue weighted by molar-refractivity contribution is 6.32. The number of rotatable bonds is 4. The number of fused-ring (bicyclic) bond motifs is 5. The van der Waals surface area contributed by atoms with E-state index in [0.717, 1.165) is 11.4 Å². The molecule has 2 aliphatic carbocycles. The number of allylic oxidation sites excluding steroid dienone is 2. The molecule has 0 unspecified atom stereocenters. The summed E-state index contributed by atoms with van der Waals surface area (Å²) in [6.45, 7) is 0.128. The smallest absolute Gasteiger partial charge is 0.254 e. The van der Waals surface area contributed by atoms with E-state index in [2.05, 4.69) is 23.2 Å². The molecule has 0 N–H and O–H groups in total. The van der Waals surface area contributed by atoms with Gasteiger partial charge in [-0.3, -0.25) is 9.59 Å². The molecule has 25 heavy (non-hydrogen) atoms. The van der Waals surface area contributed by atoms with Gasteiger partial charge in [0.15, 0.2) is 0 Å². The molecule has 1 aromatic carbocycles. The summed E-state index contributed by atoms with van der Waals surface area (Å²) in [6, 6.07) is 5.06. The van der Waals surface area contributed by atoms with E-state index < -0.39 is 0 Å². The van der Waals surface area contributed by atoms with E-state index in [9.17, 15) is 9.59 Å². The van der Waals surface area contributed by atoms with Gasteiger partial charge in [-0.15, -0.1) is 6.42 Å². The monoisotopic (exact) mass is 354 g/mol. The molecular formula is C19H15ClN2O3. The number of amides is 2. The Morgan fingerprint density at radius 1 is 1.28 bits per heavy atom. The average Bonchev–Trinajstić information content (AvgIpc) is 3.27. The Balaban J connectivity index is 1.51. The first-order valence-electron chi connectivity index (χ1n) is 8.06. The zero-order valence-electron chi connectivity index (χ0n) is 13.3. The van der Waals surface area contributed by atoms with Gasteiger partial charge < -0.3 is 4.74 Å². The first-order valence-corrected chi connectivity index (χ1v) is 8.44. The lowest BCUT2D eigenvalue weighted by atomic mass is 9.85. The molecule has 4 rings (SSSR count). The van der Waals surface area contributed by atoms with Crippen LogP contribution in [0.3, 0.4) is 0 Å². The van der Waals surface area contributed by atoms with Crippen LogP contribution >= 0.6 is 11.6 Å². The zero-order valence-corrected chi connectivity index (χ0v) is 14.0. The molecular weight excluding hydrogens is 340 g/mol. The number of terminal acetylenes is 1. The van der Waals surface area contributed by atoms with Gasteiger partial charge in [0, 0.05) is 0 Å².